The van der Waals surface area contributed by atoms with E-state index >= 15 is 0 Å². The highest BCUT2D eigenvalue weighted by atomic mass is 32.1. The number of nitrogens with zero attached hydrogens (tertiary/aromatic N) is 2. The molecule has 70 valence electrons. The largest absolute Gasteiger partial charge is 0.292 e. The molecule has 0 aliphatic heterocycles. The molecule has 4 heteroatoms. The first-order valence-electron chi connectivity index (χ1n) is 4.17. The molecule has 0 saturated heterocycles. The molecule has 0 unspecified atom stereocenters. The molecule has 0 aliphatic carbocycles. The van der Waals surface area contributed by atoms with E-state index in [1.165, 1.54) is 18.3 Å². The van der Waals surface area contributed by atoms with Gasteiger partial charge in [-0.3, -0.25) is 4.79 Å². The molecule has 0 amide bonds. The van der Waals surface area contributed by atoms with Gasteiger partial charge >= 0.3 is 0 Å². The van der Waals surface area contributed by atoms with Crippen LogP contribution >= 0.6 is 11.3 Å². The summed E-state index contributed by atoms with van der Waals surface area (Å²) in [6.45, 7) is 1.50. The van der Waals surface area contributed by atoms with Crippen LogP contribution in [0.1, 0.15) is 16.7 Å². The summed E-state index contributed by atoms with van der Waals surface area (Å²) in [6, 6.07) is 9.71. The molecule has 0 radical (unpaired) electrons. The summed E-state index contributed by atoms with van der Waals surface area (Å²) >= 11 is 1.32. The molecule has 0 N–H and O–H groups in total. The average molecular weight is 204 g/mol. The number of ketones is 1. The number of rotatable bonds is 2. The average Bonchev–Trinajstić information content (AvgIpc) is 2.68. The van der Waals surface area contributed by atoms with Crippen LogP contribution in [0.15, 0.2) is 30.3 Å². The molecule has 14 heavy (non-hydrogen) atoms. The molecule has 0 atom stereocenters. The van der Waals surface area contributed by atoms with E-state index in [4.69, 9.17) is 0 Å². The van der Waals surface area contributed by atoms with E-state index in [1.807, 2.05) is 30.3 Å². The minimum Gasteiger partial charge on any atom is -0.292 e. The summed E-state index contributed by atoms with van der Waals surface area (Å²) in [6.07, 6.45) is 0. The fourth-order valence-electron chi connectivity index (χ4n) is 1.06. The zero-order valence-electron chi connectivity index (χ0n) is 7.60. The highest BCUT2D eigenvalue weighted by Gasteiger charge is 2.08. The molecule has 0 bridgehead atoms. The predicted octanol–water partition coefficient (Wildman–Crippen LogP) is 2.41. The fourth-order valence-corrected chi connectivity index (χ4v) is 1.81. The topological polar surface area (TPSA) is 42.9 Å². The lowest BCUT2D eigenvalue weighted by molar-refractivity contribution is 0.101. The van der Waals surface area contributed by atoms with Crippen molar-refractivity contribution in [2.24, 2.45) is 0 Å². The van der Waals surface area contributed by atoms with E-state index < -0.39 is 0 Å². The van der Waals surface area contributed by atoms with E-state index in [1.54, 1.807) is 0 Å². The van der Waals surface area contributed by atoms with Gasteiger partial charge in [-0.05, 0) is 0 Å². The SMILES string of the molecule is CC(=O)c1nnc(-c2ccccc2)s1. The molecule has 1 aromatic carbocycles. The van der Waals surface area contributed by atoms with Gasteiger partial charge in [0.05, 0.1) is 0 Å². The molecule has 0 saturated carbocycles. The summed E-state index contributed by atoms with van der Waals surface area (Å²) in [7, 11) is 0. The Morgan fingerprint density at radius 2 is 1.93 bits per heavy atom. The maximum atomic E-state index is 11.0. The first-order chi connectivity index (χ1) is 6.77. The van der Waals surface area contributed by atoms with E-state index in [-0.39, 0.29) is 5.78 Å². The number of Topliss-reactive ketones (excluding diaryl/α,β-unsaturated/α-hetero) is 1. The monoisotopic (exact) mass is 204 g/mol. The normalized spacial score (nSPS) is 10.1. The van der Waals surface area contributed by atoms with Gasteiger partial charge < -0.3 is 0 Å². The first-order valence-corrected chi connectivity index (χ1v) is 4.99. The molecule has 0 fully saturated rings. The maximum Gasteiger partial charge on any atom is 0.190 e. The molecule has 1 heterocycles. The van der Waals surface area contributed by atoms with Crippen LogP contribution in [0.4, 0.5) is 0 Å². The van der Waals surface area contributed by atoms with E-state index in [0.29, 0.717) is 5.01 Å². The predicted molar refractivity (Wildman–Crippen MR) is 55.3 cm³/mol. The lowest BCUT2D eigenvalue weighted by Crippen LogP contribution is -1.88. The number of hydrogen-bond donors (Lipinski definition) is 0. The lowest BCUT2D eigenvalue weighted by Gasteiger charge is -1.91. The highest BCUT2D eigenvalue weighted by Crippen LogP contribution is 2.22. The van der Waals surface area contributed by atoms with Crippen LogP contribution in [0.3, 0.4) is 0 Å². The van der Waals surface area contributed by atoms with E-state index in [9.17, 15) is 4.79 Å². The number of carbonyl (C=O) groups is 1. The van der Waals surface area contributed by atoms with Gasteiger partial charge in [-0.1, -0.05) is 41.7 Å². The summed E-state index contributed by atoms with van der Waals surface area (Å²) in [5, 5.41) is 9.02. The number of aromatic nitrogens is 2. The van der Waals surface area contributed by atoms with Gasteiger partial charge in [-0.15, -0.1) is 10.2 Å². The zero-order chi connectivity index (χ0) is 9.97. The van der Waals surface area contributed by atoms with Gasteiger partial charge in [0.25, 0.3) is 0 Å². The first kappa shape index (κ1) is 9.02. The fraction of sp³-hybridized carbons (Fsp3) is 0.100. The van der Waals surface area contributed by atoms with E-state index in [0.717, 1.165) is 10.6 Å². The Morgan fingerprint density at radius 1 is 1.21 bits per heavy atom. The Kier molecular flexibility index (Phi) is 2.37. The van der Waals surface area contributed by atoms with Crippen molar-refractivity contribution >= 4 is 17.1 Å². The van der Waals surface area contributed by atoms with Crippen LogP contribution in [0.25, 0.3) is 10.6 Å². The van der Waals surface area contributed by atoms with Crippen LogP contribution in [0.2, 0.25) is 0 Å². The van der Waals surface area contributed by atoms with Crippen molar-refractivity contribution in [2.75, 3.05) is 0 Å². The molecule has 0 spiro atoms. The van der Waals surface area contributed by atoms with Crippen LogP contribution in [0, 0.1) is 0 Å². The Hall–Kier alpha value is -1.55. The summed E-state index contributed by atoms with van der Waals surface area (Å²) in [5.41, 5.74) is 0.998. The smallest absolute Gasteiger partial charge is 0.190 e. The number of hydrogen-bond acceptors (Lipinski definition) is 4. The Labute approximate surface area is 85.4 Å². The second-order valence-electron chi connectivity index (χ2n) is 2.83. The van der Waals surface area contributed by atoms with Crippen molar-refractivity contribution in [2.45, 2.75) is 6.92 Å². The summed E-state index contributed by atoms with van der Waals surface area (Å²) in [5.74, 6) is -0.0373. The number of carbonyl (C=O) groups excluding carboxylic acids is 1. The van der Waals surface area contributed by atoms with Crippen molar-refractivity contribution in [1.82, 2.24) is 10.2 Å². The van der Waals surface area contributed by atoms with Crippen LogP contribution in [-0.2, 0) is 0 Å². The Morgan fingerprint density at radius 3 is 2.50 bits per heavy atom. The van der Waals surface area contributed by atoms with Gasteiger partial charge in [-0.25, -0.2) is 0 Å². The standard InChI is InChI=1S/C10H8N2OS/c1-7(13)9-11-12-10(14-9)8-5-3-2-4-6-8/h2-6H,1H3. The van der Waals surface area contributed by atoms with Crippen molar-refractivity contribution in [3.05, 3.63) is 35.3 Å². The van der Waals surface area contributed by atoms with Gasteiger partial charge in [0.15, 0.2) is 10.8 Å². The zero-order valence-corrected chi connectivity index (χ0v) is 8.41. The molecule has 2 rings (SSSR count). The summed E-state index contributed by atoms with van der Waals surface area (Å²) in [4.78, 5) is 11.0. The third-order valence-corrected chi connectivity index (χ3v) is 2.82. The summed E-state index contributed by atoms with van der Waals surface area (Å²) < 4.78 is 0. The second kappa shape index (κ2) is 3.67. The molecule has 3 nitrogen and oxygen atoms in total. The highest BCUT2D eigenvalue weighted by molar-refractivity contribution is 7.16. The van der Waals surface area contributed by atoms with Crippen molar-refractivity contribution < 1.29 is 4.79 Å². The molecular formula is C10H8N2OS. The van der Waals surface area contributed by atoms with Crippen LogP contribution < -0.4 is 0 Å². The second-order valence-corrected chi connectivity index (χ2v) is 3.81. The third kappa shape index (κ3) is 1.70. The number of benzene rings is 1. The van der Waals surface area contributed by atoms with Crippen molar-refractivity contribution in [3.63, 3.8) is 0 Å². The quantitative estimate of drug-likeness (QED) is 0.705. The molecule has 2 aromatic rings. The van der Waals surface area contributed by atoms with Gasteiger partial charge in [-0.2, -0.15) is 0 Å². The lowest BCUT2D eigenvalue weighted by atomic mass is 10.2. The molecule has 0 aliphatic rings. The van der Waals surface area contributed by atoms with Crippen molar-refractivity contribution in [3.8, 4) is 10.6 Å². The van der Waals surface area contributed by atoms with Crippen molar-refractivity contribution in [1.29, 1.82) is 0 Å². The molecule has 1 aromatic heterocycles. The minimum atomic E-state index is -0.0373. The third-order valence-electron chi connectivity index (χ3n) is 1.75. The molecular weight excluding hydrogens is 196 g/mol. The van der Waals surface area contributed by atoms with Crippen LogP contribution in [-0.4, -0.2) is 16.0 Å². The maximum absolute atomic E-state index is 11.0. The van der Waals surface area contributed by atoms with Gasteiger partial charge in [0.1, 0.15) is 5.01 Å². The minimum absolute atomic E-state index is 0.0373. The van der Waals surface area contributed by atoms with Crippen LogP contribution in [0.5, 0.6) is 0 Å². The van der Waals surface area contributed by atoms with Gasteiger partial charge in [0, 0.05) is 12.5 Å². The Bertz CT molecular complexity index is 450. The van der Waals surface area contributed by atoms with E-state index in [2.05, 4.69) is 10.2 Å². The van der Waals surface area contributed by atoms with Gasteiger partial charge in [0.2, 0.25) is 0 Å². The Balaban J connectivity index is 2.39.